The Labute approximate surface area is 97.5 Å². The van der Waals surface area contributed by atoms with Gasteiger partial charge in [0, 0.05) is 25.7 Å². The molecule has 0 radical (unpaired) electrons. The number of amides is 2. The third kappa shape index (κ3) is 2.48. The molecule has 16 heavy (non-hydrogen) atoms. The Kier molecular flexibility index (Phi) is 3.69. The lowest BCUT2D eigenvalue weighted by atomic mass is 9.95. The summed E-state index contributed by atoms with van der Waals surface area (Å²) in [4.78, 5) is 16.3. The molecule has 0 aliphatic carbocycles. The zero-order valence-corrected chi connectivity index (χ0v) is 10.3. The monoisotopic (exact) mass is 226 g/mol. The summed E-state index contributed by atoms with van der Waals surface area (Å²) in [5, 5.41) is 0. The van der Waals surface area contributed by atoms with E-state index in [1.165, 1.54) is 6.42 Å². The maximum Gasteiger partial charge on any atom is 0.320 e. The molecule has 4 nitrogen and oxygen atoms in total. The van der Waals surface area contributed by atoms with Crippen molar-refractivity contribution in [3.05, 3.63) is 0 Å². The van der Waals surface area contributed by atoms with E-state index in [-0.39, 0.29) is 6.03 Å². The maximum atomic E-state index is 12.3. The number of piperidine rings is 1. The normalized spacial score (nSPS) is 31.6. The van der Waals surface area contributed by atoms with Crippen LogP contribution in [0.15, 0.2) is 0 Å². The van der Waals surface area contributed by atoms with Gasteiger partial charge in [0.1, 0.15) is 0 Å². The highest BCUT2D eigenvalue weighted by molar-refractivity contribution is 5.75. The fraction of sp³-hybridized carbons (Fsp3) is 0.917. The number of hydrogen-bond acceptors (Lipinski definition) is 2. The highest BCUT2D eigenvalue weighted by Gasteiger charge is 2.30. The largest absolute Gasteiger partial charge is 0.378 e. The second-order valence-corrected chi connectivity index (χ2v) is 5.07. The number of carbonyl (C=O) groups is 1. The first-order chi connectivity index (χ1) is 7.68. The number of rotatable bonds is 0. The molecule has 0 aromatic carbocycles. The summed E-state index contributed by atoms with van der Waals surface area (Å²) in [5.74, 6) is 0.640. The van der Waals surface area contributed by atoms with Crippen LogP contribution in [-0.2, 0) is 4.74 Å². The number of ether oxygens (including phenoxy) is 1. The number of nitrogens with zero attached hydrogens (tertiary/aromatic N) is 2. The van der Waals surface area contributed by atoms with E-state index in [1.54, 1.807) is 0 Å². The van der Waals surface area contributed by atoms with Crippen molar-refractivity contribution in [1.82, 2.24) is 9.80 Å². The summed E-state index contributed by atoms with van der Waals surface area (Å²) in [6, 6.07) is 0.605. The Morgan fingerprint density at radius 1 is 1.19 bits per heavy atom. The van der Waals surface area contributed by atoms with Crippen molar-refractivity contribution in [1.29, 1.82) is 0 Å². The Morgan fingerprint density at radius 3 is 2.56 bits per heavy atom. The molecule has 2 aliphatic rings. The van der Waals surface area contributed by atoms with E-state index in [4.69, 9.17) is 4.74 Å². The molecule has 2 atom stereocenters. The lowest BCUT2D eigenvalue weighted by molar-refractivity contribution is 0.0335. The molecule has 4 heteroatoms. The Balaban J connectivity index is 1.96. The Morgan fingerprint density at radius 2 is 1.88 bits per heavy atom. The quantitative estimate of drug-likeness (QED) is 0.628. The van der Waals surface area contributed by atoms with Crippen molar-refractivity contribution in [3.63, 3.8) is 0 Å². The molecule has 2 rings (SSSR count). The molecule has 0 bridgehead atoms. The summed E-state index contributed by atoms with van der Waals surface area (Å²) in [6.07, 6.45) is 2.38. The first-order valence-corrected chi connectivity index (χ1v) is 6.32. The van der Waals surface area contributed by atoms with E-state index in [9.17, 15) is 4.79 Å². The van der Waals surface area contributed by atoms with Gasteiger partial charge >= 0.3 is 6.03 Å². The molecule has 2 heterocycles. The van der Waals surface area contributed by atoms with E-state index in [0.717, 1.165) is 26.1 Å². The van der Waals surface area contributed by atoms with Crippen molar-refractivity contribution in [2.45, 2.75) is 32.7 Å². The molecular formula is C12H22N2O2. The average molecular weight is 226 g/mol. The average Bonchev–Trinajstić information content (AvgIpc) is 2.32. The van der Waals surface area contributed by atoms with Gasteiger partial charge in [-0.15, -0.1) is 0 Å². The minimum absolute atomic E-state index is 0.211. The minimum Gasteiger partial charge on any atom is -0.378 e. The zero-order valence-electron chi connectivity index (χ0n) is 10.3. The van der Waals surface area contributed by atoms with Gasteiger partial charge in [-0.25, -0.2) is 4.79 Å². The van der Waals surface area contributed by atoms with Gasteiger partial charge < -0.3 is 14.5 Å². The highest BCUT2D eigenvalue weighted by atomic mass is 16.5. The van der Waals surface area contributed by atoms with Crippen LogP contribution < -0.4 is 0 Å². The summed E-state index contributed by atoms with van der Waals surface area (Å²) in [5.41, 5.74) is 0. The molecule has 2 saturated heterocycles. The molecule has 2 unspecified atom stereocenters. The van der Waals surface area contributed by atoms with E-state index in [2.05, 4.69) is 13.8 Å². The SMILES string of the molecule is CC1CCC(C)N(C(=O)N2CCOCC2)C1. The summed E-state index contributed by atoms with van der Waals surface area (Å²) < 4.78 is 5.27. The molecule has 0 aromatic rings. The third-order valence-corrected chi connectivity index (χ3v) is 3.64. The third-order valence-electron chi connectivity index (χ3n) is 3.64. The van der Waals surface area contributed by atoms with Crippen LogP contribution in [0.2, 0.25) is 0 Å². The van der Waals surface area contributed by atoms with Gasteiger partial charge in [-0.3, -0.25) is 0 Å². The molecule has 0 aromatic heterocycles. The van der Waals surface area contributed by atoms with Crippen LogP contribution in [-0.4, -0.2) is 54.7 Å². The number of hydrogen-bond donors (Lipinski definition) is 0. The Hall–Kier alpha value is -0.770. The summed E-state index contributed by atoms with van der Waals surface area (Å²) >= 11 is 0. The predicted molar refractivity (Wildman–Crippen MR) is 62.4 cm³/mol. The van der Waals surface area contributed by atoms with Crippen LogP contribution in [0.4, 0.5) is 4.79 Å². The predicted octanol–water partition coefficient (Wildman–Crippen LogP) is 1.56. The molecule has 2 amide bonds. The first-order valence-electron chi connectivity index (χ1n) is 6.32. The van der Waals surface area contributed by atoms with Gasteiger partial charge in [-0.1, -0.05) is 6.92 Å². The second-order valence-electron chi connectivity index (χ2n) is 5.07. The van der Waals surface area contributed by atoms with Crippen molar-refractivity contribution < 1.29 is 9.53 Å². The smallest absolute Gasteiger partial charge is 0.320 e. The fourth-order valence-electron chi connectivity index (χ4n) is 2.49. The van der Waals surface area contributed by atoms with E-state index >= 15 is 0 Å². The highest BCUT2D eigenvalue weighted by Crippen LogP contribution is 2.22. The van der Waals surface area contributed by atoms with Crippen molar-refractivity contribution in [2.24, 2.45) is 5.92 Å². The summed E-state index contributed by atoms with van der Waals surface area (Å²) in [6.45, 7) is 8.16. The fourth-order valence-corrected chi connectivity index (χ4v) is 2.49. The molecule has 2 aliphatic heterocycles. The van der Waals surface area contributed by atoms with Crippen LogP contribution in [0.25, 0.3) is 0 Å². The van der Waals surface area contributed by atoms with E-state index in [0.29, 0.717) is 25.2 Å². The standard InChI is InChI=1S/C12H22N2O2/c1-10-3-4-11(2)14(9-10)12(15)13-5-7-16-8-6-13/h10-11H,3-9H2,1-2H3. The minimum atomic E-state index is 0.211. The second kappa shape index (κ2) is 5.04. The lowest BCUT2D eigenvalue weighted by Gasteiger charge is -2.40. The molecule has 92 valence electrons. The van der Waals surface area contributed by atoms with Crippen LogP contribution >= 0.6 is 0 Å². The maximum absolute atomic E-state index is 12.3. The van der Waals surface area contributed by atoms with Gasteiger partial charge in [0.05, 0.1) is 13.2 Å². The van der Waals surface area contributed by atoms with E-state index in [1.807, 2.05) is 9.80 Å². The van der Waals surface area contributed by atoms with Crippen LogP contribution in [0.3, 0.4) is 0 Å². The van der Waals surface area contributed by atoms with E-state index < -0.39 is 0 Å². The first kappa shape index (κ1) is 11.7. The molecule has 2 fully saturated rings. The molecular weight excluding hydrogens is 204 g/mol. The Bertz CT molecular complexity index is 251. The summed E-state index contributed by atoms with van der Waals surface area (Å²) in [7, 11) is 0. The number of morpholine rings is 1. The van der Waals surface area contributed by atoms with Gasteiger partial charge in [0.2, 0.25) is 0 Å². The van der Waals surface area contributed by atoms with Gasteiger partial charge in [-0.2, -0.15) is 0 Å². The molecule has 0 spiro atoms. The van der Waals surface area contributed by atoms with Gasteiger partial charge in [-0.05, 0) is 25.7 Å². The molecule has 0 saturated carbocycles. The lowest BCUT2D eigenvalue weighted by Crippen LogP contribution is -2.53. The van der Waals surface area contributed by atoms with Crippen molar-refractivity contribution in [3.8, 4) is 0 Å². The van der Waals surface area contributed by atoms with Crippen LogP contribution in [0, 0.1) is 5.92 Å². The van der Waals surface area contributed by atoms with Crippen LogP contribution in [0.5, 0.6) is 0 Å². The number of likely N-dealkylation sites (tertiary alicyclic amines) is 1. The van der Waals surface area contributed by atoms with Gasteiger partial charge in [0.15, 0.2) is 0 Å². The topological polar surface area (TPSA) is 32.8 Å². The molecule has 0 N–H and O–H groups in total. The van der Waals surface area contributed by atoms with Crippen molar-refractivity contribution >= 4 is 6.03 Å². The van der Waals surface area contributed by atoms with Crippen molar-refractivity contribution in [2.75, 3.05) is 32.8 Å². The number of carbonyl (C=O) groups excluding carboxylic acids is 1. The zero-order chi connectivity index (χ0) is 11.5. The number of urea groups is 1. The van der Waals surface area contributed by atoms with Gasteiger partial charge in [0.25, 0.3) is 0 Å². The van der Waals surface area contributed by atoms with Crippen LogP contribution in [0.1, 0.15) is 26.7 Å².